The van der Waals surface area contributed by atoms with Crippen LogP contribution in [-0.4, -0.2) is 23.5 Å². The van der Waals surface area contributed by atoms with Crippen molar-refractivity contribution in [2.75, 3.05) is 0 Å². The fourth-order valence-corrected chi connectivity index (χ4v) is 1.48. The average molecular weight is 227 g/mol. The van der Waals surface area contributed by atoms with Crippen molar-refractivity contribution in [3.05, 3.63) is 0 Å². The van der Waals surface area contributed by atoms with Gasteiger partial charge in [-0.3, -0.25) is 4.79 Å². The van der Waals surface area contributed by atoms with Crippen LogP contribution in [0.1, 0.15) is 47.0 Å². The van der Waals surface area contributed by atoms with Crippen LogP contribution < -0.4 is 5.32 Å². The van der Waals surface area contributed by atoms with Crippen LogP contribution in [0.15, 0.2) is 0 Å². The van der Waals surface area contributed by atoms with Crippen molar-refractivity contribution in [3.63, 3.8) is 0 Å². The van der Waals surface area contributed by atoms with Crippen molar-refractivity contribution in [1.29, 1.82) is 0 Å². The number of amides is 1. The summed E-state index contributed by atoms with van der Waals surface area (Å²) >= 11 is 0. The molecular formula is C12H21NO3. The molecule has 0 aromatic rings. The van der Waals surface area contributed by atoms with E-state index in [-0.39, 0.29) is 17.7 Å². The third kappa shape index (κ3) is 4.21. The second-order valence-electron chi connectivity index (χ2n) is 5.28. The van der Waals surface area contributed by atoms with E-state index in [4.69, 9.17) is 4.74 Å². The van der Waals surface area contributed by atoms with Gasteiger partial charge in [-0.2, -0.15) is 0 Å². The van der Waals surface area contributed by atoms with E-state index in [9.17, 15) is 9.59 Å². The predicted molar refractivity (Wildman–Crippen MR) is 61.2 cm³/mol. The van der Waals surface area contributed by atoms with Gasteiger partial charge in [-0.05, 0) is 40.0 Å². The third-order valence-corrected chi connectivity index (χ3v) is 2.42. The van der Waals surface area contributed by atoms with Crippen LogP contribution in [-0.2, 0) is 9.53 Å². The predicted octanol–water partition coefficient (Wildman–Crippen LogP) is 2.27. The molecule has 0 heterocycles. The van der Waals surface area contributed by atoms with Gasteiger partial charge in [-0.1, -0.05) is 6.92 Å². The standard InChI is InChI=1S/C12H21NO3/c1-5-9(10(14)8-6-7-8)13-11(15)16-12(2,3)4/h8-9H,5-7H2,1-4H3,(H,13,15). The lowest BCUT2D eigenvalue weighted by Crippen LogP contribution is -2.43. The fourth-order valence-electron chi connectivity index (χ4n) is 1.48. The molecular weight excluding hydrogens is 206 g/mol. The number of ether oxygens (including phenoxy) is 1. The number of Topliss-reactive ketones (excluding diaryl/α,β-unsaturated/α-hetero) is 1. The summed E-state index contributed by atoms with van der Waals surface area (Å²) in [4.78, 5) is 23.3. The van der Waals surface area contributed by atoms with Gasteiger partial charge in [0.25, 0.3) is 0 Å². The molecule has 1 fully saturated rings. The first kappa shape index (κ1) is 13.0. The topological polar surface area (TPSA) is 55.4 Å². The van der Waals surface area contributed by atoms with Gasteiger partial charge in [0.05, 0.1) is 6.04 Å². The molecule has 1 N–H and O–H groups in total. The molecule has 4 nitrogen and oxygen atoms in total. The summed E-state index contributed by atoms with van der Waals surface area (Å²) in [5.74, 6) is 0.313. The summed E-state index contributed by atoms with van der Waals surface area (Å²) in [7, 11) is 0. The SMILES string of the molecule is CCC(NC(=O)OC(C)(C)C)C(=O)C1CC1. The number of hydrogen-bond acceptors (Lipinski definition) is 3. The lowest BCUT2D eigenvalue weighted by Gasteiger charge is -2.22. The number of nitrogens with one attached hydrogen (secondary N) is 1. The molecule has 1 aliphatic rings. The van der Waals surface area contributed by atoms with Crippen molar-refractivity contribution >= 4 is 11.9 Å². The minimum absolute atomic E-state index is 0.147. The quantitative estimate of drug-likeness (QED) is 0.801. The Morgan fingerprint density at radius 1 is 1.38 bits per heavy atom. The van der Waals surface area contributed by atoms with Crippen molar-refractivity contribution in [3.8, 4) is 0 Å². The highest BCUT2D eigenvalue weighted by Gasteiger charge is 2.35. The highest BCUT2D eigenvalue weighted by Crippen LogP contribution is 2.31. The van der Waals surface area contributed by atoms with Crippen LogP contribution in [0.3, 0.4) is 0 Å². The lowest BCUT2D eigenvalue weighted by atomic mass is 10.1. The number of hydrogen-bond donors (Lipinski definition) is 1. The second kappa shape index (κ2) is 4.85. The molecule has 1 aliphatic carbocycles. The molecule has 1 amide bonds. The number of ketones is 1. The van der Waals surface area contributed by atoms with Crippen LogP contribution in [0.5, 0.6) is 0 Å². The van der Waals surface area contributed by atoms with Gasteiger partial charge in [0.2, 0.25) is 0 Å². The Morgan fingerprint density at radius 3 is 2.31 bits per heavy atom. The van der Waals surface area contributed by atoms with Crippen LogP contribution in [0.2, 0.25) is 0 Å². The Balaban J connectivity index is 2.43. The van der Waals surface area contributed by atoms with E-state index in [0.717, 1.165) is 12.8 Å². The van der Waals surface area contributed by atoms with Crippen molar-refractivity contribution in [2.24, 2.45) is 5.92 Å². The lowest BCUT2D eigenvalue weighted by molar-refractivity contribution is -0.122. The minimum atomic E-state index is -0.523. The normalized spacial score (nSPS) is 17.8. The van der Waals surface area contributed by atoms with Crippen LogP contribution in [0.25, 0.3) is 0 Å². The molecule has 4 heteroatoms. The molecule has 0 aliphatic heterocycles. The Bertz CT molecular complexity index is 276. The van der Waals surface area contributed by atoms with Crippen LogP contribution in [0.4, 0.5) is 4.79 Å². The third-order valence-electron chi connectivity index (χ3n) is 2.42. The van der Waals surface area contributed by atoms with Gasteiger partial charge < -0.3 is 10.1 Å². The number of carbonyl (C=O) groups is 2. The molecule has 0 bridgehead atoms. The highest BCUT2D eigenvalue weighted by molar-refractivity contribution is 5.90. The van der Waals surface area contributed by atoms with Crippen molar-refractivity contribution in [1.82, 2.24) is 5.32 Å². The first-order valence-electron chi connectivity index (χ1n) is 5.86. The zero-order valence-corrected chi connectivity index (χ0v) is 10.5. The zero-order chi connectivity index (χ0) is 12.3. The Morgan fingerprint density at radius 2 is 1.94 bits per heavy atom. The smallest absolute Gasteiger partial charge is 0.408 e. The van der Waals surface area contributed by atoms with E-state index >= 15 is 0 Å². The molecule has 1 saturated carbocycles. The van der Waals surface area contributed by atoms with E-state index in [1.807, 2.05) is 6.92 Å². The Hall–Kier alpha value is -1.06. The van der Waals surface area contributed by atoms with Gasteiger partial charge in [0, 0.05) is 5.92 Å². The van der Waals surface area contributed by atoms with Crippen molar-refractivity contribution in [2.45, 2.75) is 58.6 Å². The molecule has 1 rings (SSSR count). The van der Waals surface area contributed by atoms with E-state index in [1.54, 1.807) is 20.8 Å². The second-order valence-corrected chi connectivity index (χ2v) is 5.28. The van der Waals surface area contributed by atoms with E-state index in [0.29, 0.717) is 6.42 Å². The molecule has 0 aromatic carbocycles. The Kier molecular flexibility index (Phi) is 3.94. The maximum absolute atomic E-state index is 11.8. The summed E-state index contributed by atoms with van der Waals surface area (Å²) in [6, 6.07) is -0.387. The van der Waals surface area contributed by atoms with Crippen molar-refractivity contribution < 1.29 is 14.3 Å². The number of rotatable bonds is 4. The average Bonchev–Trinajstić information content (AvgIpc) is 2.93. The molecule has 1 atom stereocenters. The summed E-state index contributed by atoms with van der Waals surface area (Å²) in [6.45, 7) is 7.30. The highest BCUT2D eigenvalue weighted by atomic mass is 16.6. The van der Waals surface area contributed by atoms with Gasteiger partial charge in [-0.25, -0.2) is 4.79 Å². The Labute approximate surface area is 96.7 Å². The maximum Gasteiger partial charge on any atom is 0.408 e. The summed E-state index contributed by atoms with van der Waals surface area (Å²) in [6.07, 6.45) is 2.04. The van der Waals surface area contributed by atoms with Gasteiger partial charge in [0.1, 0.15) is 5.60 Å². The number of alkyl carbamates (subject to hydrolysis) is 1. The molecule has 0 radical (unpaired) electrons. The molecule has 0 spiro atoms. The van der Waals surface area contributed by atoms with Gasteiger partial charge in [0.15, 0.2) is 5.78 Å². The summed E-state index contributed by atoms with van der Waals surface area (Å²) in [5.41, 5.74) is -0.523. The first-order valence-corrected chi connectivity index (χ1v) is 5.86. The molecule has 1 unspecified atom stereocenters. The van der Waals surface area contributed by atoms with Crippen LogP contribution >= 0.6 is 0 Å². The first-order chi connectivity index (χ1) is 7.33. The molecule has 16 heavy (non-hydrogen) atoms. The molecule has 0 aromatic heterocycles. The van der Waals surface area contributed by atoms with E-state index in [1.165, 1.54) is 0 Å². The number of carbonyl (C=O) groups excluding carboxylic acids is 2. The largest absolute Gasteiger partial charge is 0.444 e. The van der Waals surface area contributed by atoms with Crippen LogP contribution in [0, 0.1) is 5.92 Å². The van der Waals surface area contributed by atoms with Gasteiger partial charge in [-0.15, -0.1) is 0 Å². The fraction of sp³-hybridized carbons (Fsp3) is 0.833. The summed E-state index contributed by atoms with van der Waals surface area (Å²) in [5, 5.41) is 2.63. The van der Waals surface area contributed by atoms with E-state index in [2.05, 4.69) is 5.32 Å². The molecule has 0 saturated heterocycles. The van der Waals surface area contributed by atoms with Gasteiger partial charge >= 0.3 is 6.09 Å². The monoisotopic (exact) mass is 227 g/mol. The minimum Gasteiger partial charge on any atom is -0.444 e. The van der Waals surface area contributed by atoms with E-state index < -0.39 is 11.7 Å². The summed E-state index contributed by atoms with van der Waals surface area (Å²) < 4.78 is 5.12. The zero-order valence-electron chi connectivity index (χ0n) is 10.5. The molecule has 92 valence electrons. The maximum atomic E-state index is 11.8.